The number of aromatic nitrogens is 4. The van der Waals surface area contributed by atoms with Gasteiger partial charge in [0.1, 0.15) is 5.82 Å². The highest BCUT2D eigenvalue weighted by molar-refractivity contribution is 5.20. The van der Waals surface area contributed by atoms with E-state index in [1.807, 2.05) is 34.9 Å². The Morgan fingerprint density at radius 1 is 1.41 bits per heavy atom. The van der Waals surface area contributed by atoms with Gasteiger partial charge in [0.15, 0.2) is 0 Å². The first-order valence-corrected chi connectivity index (χ1v) is 5.99. The van der Waals surface area contributed by atoms with Gasteiger partial charge in [-0.15, -0.1) is 0 Å². The molecule has 0 aliphatic heterocycles. The number of hydrogen-bond donors (Lipinski definition) is 1. The van der Waals surface area contributed by atoms with Crippen LogP contribution in [0.5, 0.6) is 0 Å². The van der Waals surface area contributed by atoms with Crippen molar-refractivity contribution in [1.29, 1.82) is 0 Å². The Hall–Kier alpha value is -1.62. The molecular formula is C12H19N5. The summed E-state index contributed by atoms with van der Waals surface area (Å²) in [7, 11) is 2.01. The summed E-state index contributed by atoms with van der Waals surface area (Å²) < 4.78 is 3.97. The normalized spacial score (nSPS) is 12.9. The Bertz CT molecular complexity index is 471. The number of imidazole rings is 1. The molecule has 0 bridgehead atoms. The topological polar surface area (TPSA) is 47.7 Å². The molecule has 2 heterocycles. The van der Waals surface area contributed by atoms with Gasteiger partial charge in [0, 0.05) is 37.7 Å². The zero-order chi connectivity index (χ0) is 12.3. The van der Waals surface area contributed by atoms with Crippen LogP contribution in [0.4, 0.5) is 0 Å². The molecule has 0 fully saturated rings. The van der Waals surface area contributed by atoms with Crippen molar-refractivity contribution in [2.75, 3.05) is 6.54 Å². The van der Waals surface area contributed by atoms with Crippen molar-refractivity contribution in [2.45, 2.75) is 26.4 Å². The van der Waals surface area contributed by atoms with Crippen molar-refractivity contribution in [2.24, 2.45) is 7.05 Å². The van der Waals surface area contributed by atoms with Crippen LogP contribution in [0.25, 0.3) is 0 Å². The Morgan fingerprint density at radius 3 is 2.76 bits per heavy atom. The van der Waals surface area contributed by atoms with E-state index in [1.54, 1.807) is 0 Å². The Kier molecular flexibility index (Phi) is 3.58. The molecule has 0 aliphatic rings. The number of rotatable bonds is 5. The Labute approximate surface area is 101 Å². The molecule has 1 atom stereocenters. The molecule has 0 saturated carbocycles. The van der Waals surface area contributed by atoms with Crippen LogP contribution in [-0.4, -0.2) is 25.9 Å². The molecule has 92 valence electrons. The van der Waals surface area contributed by atoms with Gasteiger partial charge in [-0.1, -0.05) is 6.92 Å². The fourth-order valence-corrected chi connectivity index (χ4v) is 1.92. The minimum absolute atomic E-state index is 0.111. The first-order valence-electron chi connectivity index (χ1n) is 5.99. The van der Waals surface area contributed by atoms with Gasteiger partial charge >= 0.3 is 0 Å². The molecule has 2 aromatic heterocycles. The van der Waals surface area contributed by atoms with Gasteiger partial charge in [0.25, 0.3) is 0 Å². The Morgan fingerprint density at radius 2 is 2.24 bits per heavy atom. The summed E-state index contributed by atoms with van der Waals surface area (Å²) in [6.07, 6.45) is 7.77. The number of hydrogen-bond acceptors (Lipinski definition) is 3. The van der Waals surface area contributed by atoms with Gasteiger partial charge in [-0.3, -0.25) is 4.68 Å². The smallest absolute Gasteiger partial charge is 0.130 e. The molecule has 17 heavy (non-hydrogen) atoms. The van der Waals surface area contributed by atoms with Crippen LogP contribution >= 0.6 is 0 Å². The third-order valence-electron chi connectivity index (χ3n) is 2.84. The lowest BCUT2D eigenvalue weighted by molar-refractivity contribution is 0.575. The predicted molar refractivity (Wildman–Crippen MR) is 66.6 cm³/mol. The zero-order valence-electron chi connectivity index (χ0n) is 10.6. The second-order valence-corrected chi connectivity index (χ2v) is 4.02. The monoisotopic (exact) mass is 233 g/mol. The highest BCUT2D eigenvalue weighted by Gasteiger charge is 2.18. The first-order chi connectivity index (χ1) is 8.26. The zero-order valence-corrected chi connectivity index (χ0v) is 10.6. The summed E-state index contributed by atoms with van der Waals surface area (Å²) in [6, 6.07) is 0.111. The molecular weight excluding hydrogens is 214 g/mol. The van der Waals surface area contributed by atoms with Crippen molar-refractivity contribution in [3.05, 3.63) is 36.2 Å². The molecule has 2 rings (SSSR count). The lowest BCUT2D eigenvalue weighted by atomic mass is 10.1. The quantitative estimate of drug-likeness (QED) is 0.847. The van der Waals surface area contributed by atoms with E-state index >= 15 is 0 Å². The van der Waals surface area contributed by atoms with Gasteiger partial charge in [-0.25, -0.2) is 4.98 Å². The van der Waals surface area contributed by atoms with E-state index in [0.29, 0.717) is 0 Å². The van der Waals surface area contributed by atoms with Gasteiger partial charge < -0.3 is 9.88 Å². The number of nitrogens with one attached hydrogen (secondary N) is 1. The maximum atomic E-state index is 4.41. The van der Waals surface area contributed by atoms with Crippen molar-refractivity contribution in [3.8, 4) is 0 Å². The average Bonchev–Trinajstić information content (AvgIpc) is 2.95. The standard InChI is InChI=1S/C12H19N5/c1-4-13-11(12-14-6-7-16(12)3)10-8-15-17(5-2)9-10/h6-9,11,13H,4-5H2,1-3H3. The number of aryl methyl sites for hydroxylation is 2. The van der Waals surface area contributed by atoms with E-state index in [-0.39, 0.29) is 6.04 Å². The predicted octanol–water partition coefficient (Wildman–Crippen LogP) is 1.34. The van der Waals surface area contributed by atoms with Crippen LogP contribution in [0.1, 0.15) is 31.3 Å². The Balaban J connectivity index is 2.32. The number of nitrogens with zero attached hydrogens (tertiary/aromatic N) is 4. The van der Waals surface area contributed by atoms with Crippen molar-refractivity contribution in [3.63, 3.8) is 0 Å². The van der Waals surface area contributed by atoms with E-state index in [0.717, 1.165) is 24.5 Å². The molecule has 5 nitrogen and oxygen atoms in total. The van der Waals surface area contributed by atoms with Crippen LogP contribution in [0.3, 0.4) is 0 Å². The van der Waals surface area contributed by atoms with Crippen LogP contribution in [0.15, 0.2) is 24.8 Å². The van der Waals surface area contributed by atoms with Crippen molar-refractivity contribution < 1.29 is 0 Å². The molecule has 1 unspecified atom stereocenters. The van der Waals surface area contributed by atoms with E-state index in [2.05, 4.69) is 35.4 Å². The van der Waals surface area contributed by atoms with Gasteiger partial charge in [-0.2, -0.15) is 5.10 Å². The molecule has 0 amide bonds. The molecule has 2 aromatic rings. The summed E-state index contributed by atoms with van der Waals surface area (Å²) in [4.78, 5) is 4.41. The molecule has 0 aromatic carbocycles. The van der Waals surface area contributed by atoms with Gasteiger partial charge in [0.05, 0.1) is 12.2 Å². The van der Waals surface area contributed by atoms with E-state index in [4.69, 9.17) is 0 Å². The lowest BCUT2D eigenvalue weighted by Crippen LogP contribution is -2.24. The molecule has 0 saturated heterocycles. The van der Waals surface area contributed by atoms with Crippen LogP contribution in [0, 0.1) is 0 Å². The highest BCUT2D eigenvalue weighted by atomic mass is 15.3. The fraction of sp³-hybridized carbons (Fsp3) is 0.500. The van der Waals surface area contributed by atoms with Crippen LogP contribution in [0.2, 0.25) is 0 Å². The molecule has 0 radical (unpaired) electrons. The summed E-state index contributed by atoms with van der Waals surface area (Å²) in [5, 5.41) is 7.76. The maximum absolute atomic E-state index is 4.41. The van der Waals surface area contributed by atoms with Crippen LogP contribution in [-0.2, 0) is 13.6 Å². The van der Waals surface area contributed by atoms with Crippen LogP contribution < -0.4 is 5.32 Å². The highest BCUT2D eigenvalue weighted by Crippen LogP contribution is 2.19. The molecule has 1 N–H and O–H groups in total. The maximum Gasteiger partial charge on any atom is 0.130 e. The fourth-order valence-electron chi connectivity index (χ4n) is 1.92. The summed E-state index contributed by atoms with van der Waals surface area (Å²) in [6.45, 7) is 5.97. The third kappa shape index (κ3) is 2.39. The lowest BCUT2D eigenvalue weighted by Gasteiger charge is -2.15. The average molecular weight is 233 g/mol. The third-order valence-corrected chi connectivity index (χ3v) is 2.84. The van der Waals surface area contributed by atoms with Crippen molar-refractivity contribution in [1.82, 2.24) is 24.6 Å². The van der Waals surface area contributed by atoms with Gasteiger partial charge in [-0.05, 0) is 13.5 Å². The molecule has 0 aliphatic carbocycles. The van der Waals surface area contributed by atoms with E-state index < -0.39 is 0 Å². The SMILES string of the molecule is CCNC(c1cnn(CC)c1)c1nccn1C. The summed E-state index contributed by atoms with van der Waals surface area (Å²) >= 11 is 0. The first kappa shape index (κ1) is 11.9. The van der Waals surface area contributed by atoms with Crippen molar-refractivity contribution >= 4 is 0 Å². The molecule has 5 heteroatoms. The van der Waals surface area contributed by atoms with E-state index in [9.17, 15) is 0 Å². The van der Waals surface area contributed by atoms with Gasteiger partial charge in [0.2, 0.25) is 0 Å². The van der Waals surface area contributed by atoms with E-state index in [1.165, 1.54) is 0 Å². The minimum atomic E-state index is 0.111. The minimum Gasteiger partial charge on any atom is -0.336 e. The summed E-state index contributed by atoms with van der Waals surface area (Å²) in [5.74, 6) is 1.02. The molecule has 0 spiro atoms. The largest absolute Gasteiger partial charge is 0.336 e. The second-order valence-electron chi connectivity index (χ2n) is 4.02. The summed E-state index contributed by atoms with van der Waals surface area (Å²) in [5.41, 5.74) is 1.16. The second kappa shape index (κ2) is 5.14.